The van der Waals surface area contributed by atoms with E-state index in [1.165, 1.54) is 0 Å². The third-order valence-electron chi connectivity index (χ3n) is 4.16. The Morgan fingerprint density at radius 2 is 1.82 bits per heavy atom. The fourth-order valence-corrected chi connectivity index (χ4v) is 2.73. The van der Waals surface area contributed by atoms with Crippen LogP contribution in [0.1, 0.15) is 18.9 Å². The summed E-state index contributed by atoms with van der Waals surface area (Å²) in [5.74, 6) is 1.19. The Hall–Kier alpha value is -2.97. The normalized spacial score (nSPS) is 10.8. The molecule has 3 rings (SSSR count). The SMILES string of the molecule is CCNCCCNCc1ccc(Oc2nnnn2-c2ccccc2)c(OC)c1. The van der Waals surface area contributed by atoms with Gasteiger partial charge in [0.25, 0.3) is 0 Å². The minimum atomic E-state index is 0.277. The van der Waals surface area contributed by atoms with E-state index in [-0.39, 0.29) is 6.01 Å². The number of aromatic nitrogens is 4. The maximum absolute atomic E-state index is 5.92. The molecule has 0 fully saturated rings. The topological polar surface area (TPSA) is 86.1 Å². The monoisotopic (exact) mass is 382 g/mol. The molecule has 0 unspecified atom stereocenters. The van der Waals surface area contributed by atoms with Crippen LogP contribution >= 0.6 is 0 Å². The molecule has 2 N–H and O–H groups in total. The van der Waals surface area contributed by atoms with Gasteiger partial charge < -0.3 is 20.1 Å². The predicted octanol–water partition coefficient (Wildman–Crippen LogP) is 2.55. The van der Waals surface area contributed by atoms with E-state index < -0.39 is 0 Å². The molecule has 0 aliphatic heterocycles. The van der Waals surface area contributed by atoms with Crippen LogP contribution in [0.3, 0.4) is 0 Å². The van der Waals surface area contributed by atoms with Gasteiger partial charge in [0.05, 0.1) is 12.8 Å². The summed E-state index contributed by atoms with van der Waals surface area (Å²) in [5, 5.41) is 18.4. The molecule has 0 radical (unpaired) electrons. The largest absolute Gasteiger partial charge is 0.493 e. The molecule has 1 heterocycles. The van der Waals surface area contributed by atoms with E-state index >= 15 is 0 Å². The van der Waals surface area contributed by atoms with E-state index in [9.17, 15) is 0 Å². The molecule has 0 bridgehead atoms. The van der Waals surface area contributed by atoms with Crippen LogP contribution in [-0.2, 0) is 6.54 Å². The Morgan fingerprint density at radius 1 is 1.00 bits per heavy atom. The van der Waals surface area contributed by atoms with Crippen molar-refractivity contribution >= 4 is 0 Å². The van der Waals surface area contributed by atoms with Gasteiger partial charge in [0.15, 0.2) is 11.5 Å². The summed E-state index contributed by atoms with van der Waals surface area (Å²) in [6.07, 6.45) is 1.09. The number of benzene rings is 2. The van der Waals surface area contributed by atoms with Gasteiger partial charge in [-0.25, -0.2) is 0 Å². The van der Waals surface area contributed by atoms with Gasteiger partial charge in [0.1, 0.15) is 0 Å². The Balaban J connectivity index is 1.65. The van der Waals surface area contributed by atoms with Crippen LogP contribution in [0.2, 0.25) is 0 Å². The third kappa shape index (κ3) is 5.28. The number of rotatable bonds is 11. The molecule has 0 spiro atoms. The van der Waals surface area contributed by atoms with Gasteiger partial charge in [-0.1, -0.05) is 36.3 Å². The lowest BCUT2D eigenvalue weighted by Gasteiger charge is -2.12. The quantitative estimate of drug-likeness (QED) is 0.493. The van der Waals surface area contributed by atoms with E-state index in [0.29, 0.717) is 11.5 Å². The predicted molar refractivity (Wildman–Crippen MR) is 107 cm³/mol. The molecule has 8 nitrogen and oxygen atoms in total. The molecule has 0 saturated heterocycles. The Labute approximate surface area is 164 Å². The molecular weight excluding hydrogens is 356 g/mol. The van der Waals surface area contributed by atoms with E-state index in [0.717, 1.165) is 43.9 Å². The maximum atomic E-state index is 5.92. The molecule has 148 valence electrons. The van der Waals surface area contributed by atoms with Crippen molar-refractivity contribution in [1.29, 1.82) is 0 Å². The number of nitrogens with one attached hydrogen (secondary N) is 2. The first-order valence-electron chi connectivity index (χ1n) is 9.42. The number of nitrogens with zero attached hydrogens (tertiary/aromatic N) is 4. The van der Waals surface area contributed by atoms with E-state index in [4.69, 9.17) is 9.47 Å². The zero-order chi connectivity index (χ0) is 19.6. The van der Waals surface area contributed by atoms with Crippen molar-refractivity contribution in [2.24, 2.45) is 0 Å². The molecule has 0 atom stereocenters. The molecule has 28 heavy (non-hydrogen) atoms. The molecule has 0 aliphatic rings. The highest BCUT2D eigenvalue weighted by Crippen LogP contribution is 2.32. The summed E-state index contributed by atoms with van der Waals surface area (Å²) < 4.78 is 13.0. The number of hydrogen-bond acceptors (Lipinski definition) is 7. The molecule has 0 amide bonds. The smallest absolute Gasteiger partial charge is 0.346 e. The average Bonchev–Trinajstić information content (AvgIpc) is 3.20. The molecule has 3 aromatic rings. The van der Waals surface area contributed by atoms with Crippen LogP contribution < -0.4 is 20.1 Å². The van der Waals surface area contributed by atoms with Gasteiger partial charge in [-0.05, 0) is 66.3 Å². The zero-order valence-corrected chi connectivity index (χ0v) is 16.3. The number of methoxy groups -OCH3 is 1. The molecule has 0 aliphatic carbocycles. The molecule has 0 saturated carbocycles. The van der Waals surface area contributed by atoms with Crippen LogP contribution in [0.4, 0.5) is 0 Å². The van der Waals surface area contributed by atoms with Crippen molar-refractivity contribution in [3.8, 4) is 23.2 Å². The Bertz CT molecular complexity index is 853. The van der Waals surface area contributed by atoms with Gasteiger partial charge in [-0.3, -0.25) is 0 Å². The van der Waals surface area contributed by atoms with Crippen molar-refractivity contribution in [2.45, 2.75) is 19.9 Å². The average molecular weight is 382 g/mol. The number of para-hydroxylation sites is 1. The second-order valence-electron chi connectivity index (χ2n) is 6.18. The second kappa shape index (κ2) is 10.4. The zero-order valence-electron chi connectivity index (χ0n) is 16.3. The second-order valence-corrected chi connectivity index (χ2v) is 6.18. The van der Waals surface area contributed by atoms with E-state index in [1.54, 1.807) is 11.8 Å². The van der Waals surface area contributed by atoms with Gasteiger partial charge in [-0.15, -0.1) is 0 Å². The van der Waals surface area contributed by atoms with Gasteiger partial charge in [-0.2, -0.15) is 4.68 Å². The third-order valence-corrected chi connectivity index (χ3v) is 4.16. The summed E-state index contributed by atoms with van der Waals surface area (Å²) in [5.41, 5.74) is 1.94. The Morgan fingerprint density at radius 3 is 2.61 bits per heavy atom. The minimum Gasteiger partial charge on any atom is -0.493 e. The highest BCUT2D eigenvalue weighted by Gasteiger charge is 2.14. The number of hydrogen-bond donors (Lipinski definition) is 2. The Kier molecular flexibility index (Phi) is 7.34. The molecule has 1 aromatic heterocycles. The lowest BCUT2D eigenvalue weighted by atomic mass is 10.2. The molecule has 2 aromatic carbocycles. The van der Waals surface area contributed by atoms with Gasteiger partial charge >= 0.3 is 6.01 Å². The highest BCUT2D eigenvalue weighted by molar-refractivity contribution is 5.44. The van der Waals surface area contributed by atoms with E-state index in [1.807, 2.05) is 48.5 Å². The van der Waals surface area contributed by atoms with Crippen LogP contribution in [0.25, 0.3) is 5.69 Å². The van der Waals surface area contributed by atoms with Crippen LogP contribution in [0.5, 0.6) is 17.5 Å². The van der Waals surface area contributed by atoms with Crippen molar-refractivity contribution in [3.05, 3.63) is 54.1 Å². The van der Waals surface area contributed by atoms with Crippen LogP contribution in [-0.4, -0.2) is 47.0 Å². The summed E-state index contributed by atoms with van der Waals surface area (Å²) in [4.78, 5) is 0. The number of tetrazole rings is 1. The van der Waals surface area contributed by atoms with Crippen molar-refractivity contribution in [3.63, 3.8) is 0 Å². The first-order valence-corrected chi connectivity index (χ1v) is 9.42. The lowest BCUT2D eigenvalue weighted by Crippen LogP contribution is -2.21. The first kappa shape index (κ1) is 19.8. The standard InChI is InChI=1S/C20H26N6O2/c1-3-21-12-7-13-22-15-16-10-11-18(19(14-16)27-2)28-20-23-24-25-26(20)17-8-5-4-6-9-17/h4-6,8-11,14,21-22H,3,7,12-13,15H2,1-2H3. The minimum absolute atomic E-state index is 0.277. The van der Waals surface area contributed by atoms with E-state index in [2.05, 4.69) is 33.1 Å². The van der Waals surface area contributed by atoms with Gasteiger partial charge in [0.2, 0.25) is 0 Å². The van der Waals surface area contributed by atoms with Crippen LogP contribution in [0.15, 0.2) is 48.5 Å². The summed E-state index contributed by atoms with van der Waals surface area (Å²) >= 11 is 0. The van der Waals surface area contributed by atoms with Gasteiger partial charge in [0, 0.05) is 6.54 Å². The molecular formula is C20H26N6O2. The highest BCUT2D eigenvalue weighted by atomic mass is 16.5. The maximum Gasteiger partial charge on any atom is 0.346 e. The number of ether oxygens (including phenoxy) is 2. The first-order chi connectivity index (χ1) is 13.8. The summed E-state index contributed by atoms with van der Waals surface area (Å²) in [6.45, 7) is 5.87. The molecule has 8 heteroatoms. The summed E-state index contributed by atoms with van der Waals surface area (Å²) in [7, 11) is 1.62. The van der Waals surface area contributed by atoms with Crippen molar-refractivity contribution in [2.75, 3.05) is 26.7 Å². The lowest BCUT2D eigenvalue weighted by molar-refractivity contribution is 0.362. The summed E-state index contributed by atoms with van der Waals surface area (Å²) in [6, 6.07) is 15.7. The van der Waals surface area contributed by atoms with Crippen molar-refractivity contribution in [1.82, 2.24) is 30.8 Å². The fraction of sp³-hybridized carbons (Fsp3) is 0.350. The van der Waals surface area contributed by atoms with Crippen molar-refractivity contribution < 1.29 is 9.47 Å². The fourth-order valence-electron chi connectivity index (χ4n) is 2.73. The van der Waals surface area contributed by atoms with Crippen LogP contribution in [0, 0.1) is 0 Å².